The molecular weight excluding hydrogens is 513 g/mol. The molecule has 0 bridgehead atoms. The van der Waals surface area contributed by atoms with Crippen LogP contribution in [0.1, 0.15) is 23.6 Å². The lowest BCUT2D eigenvalue weighted by Crippen LogP contribution is -2.44. The first kappa shape index (κ1) is 27.4. The van der Waals surface area contributed by atoms with Gasteiger partial charge in [-0.1, -0.05) is 24.8 Å². The Balaban J connectivity index is 1.45. The average Bonchev–Trinajstić information content (AvgIpc) is 3.45. The highest BCUT2D eigenvalue weighted by Gasteiger charge is 2.31. The molecule has 1 aromatic heterocycles. The largest absolute Gasteiger partial charge is 0.494 e. The molecule has 2 N–H and O–H groups in total. The van der Waals surface area contributed by atoms with Gasteiger partial charge in [0.2, 0.25) is 5.91 Å². The summed E-state index contributed by atoms with van der Waals surface area (Å²) in [6.45, 7) is 9.23. The molecule has 0 aliphatic carbocycles. The third-order valence-corrected chi connectivity index (χ3v) is 7.23. The van der Waals surface area contributed by atoms with Crippen molar-refractivity contribution in [2.45, 2.75) is 19.4 Å². The Morgan fingerprint density at radius 3 is 2.73 bits per heavy atom. The van der Waals surface area contributed by atoms with Crippen LogP contribution in [0.15, 0.2) is 55.4 Å². The summed E-state index contributed by atoms with van der Waals surface area (Å²) in [6.07, 6.45) is 3.29. The Hall–Kier alpha value is -4.22. The highest BCUT2D eigenvalue weighted by Crippen LogP contribution is 2.40. The minimum absolute atomic E-state index is 0.241. The van der Waals surface area contributed by atoms with Gasteiger partial charge in [-0.05, 0) is 31.7 Å². The molecule has 11 heteroatoms. The smallest absolute Gasteiger partial charge is 0.247 e. The maximum atomic E-state index is 14.9. The maximum absolute atomic E-state index is 14.9. The lowest BCUT2D eigenvalue weighted by atomic mass is 10.0. The van der Waals surface area contributed by atoms with Crippen molar-refractivity contribution >= 4 is 34.6 Å². The van der Waals surface area contributed by atoms with Crippen LogP contribution < -0.4 is 25.3 Å². The number of benzene rings is 2. The fourth-order valence-electron chi connectivity index (χ4n) is 5.01. The van der Waals surface area contributed by atoms with Gasteiger partial charge in [0.05, 0.1) is 36.8 Å². The summed E-state index contributed by atoms with van der Waals surface area (Å²) in [5.41, 5.74) is 3.25. The number of hydrogen-bond donors (Lipinski definition) is 2. The van der Waals surface area contributed by atoms with Gasteiger partial charge in [0.15, 0.2) is 5.82 Å². The predicted molar refractivity (Wildman–Crippen MR) is 154 cm³/mol. The van der Waals surface area contributed by atoms with Crippen LogP contribution in [0.5, 0.6) is 5.75 Å². The first-order valence-electron chi connectivity index (χ1n) is 13.2. The number of methoxy groups -OCH3 is 1. The van der Waals surface area contributed by atoms with Gasteiger partial charge >= 0.3 is 0 Å². The van der Waals surface area contributed by atoms with Gasteiger partial charge < -0.3 is 25.2 Å². The summed E-state index contributed by atoms with van der Waals surface area (Å²) < 4.78 is 20.7. The van der Waals surface area contributed by atoms with Crippen molar-refractivity contribution in [1.29, 1.82) is 0 Å². The van der Waals surface area contributed by atoms with Crippen LogP contribution >= 0.6 is 0 Å². The zero-order chi connectivity index (χ0) is 28.2. The Labute approximate surface area is 233 Å². The van der Waals surface area contributed by atoms with Crippen molar-refractivity contribution < 1.29 is 18.8 Å². The summed E-state index contributed by atoms with van der Waals surface area (Å²) >= 11 is 0. The van der Waals surface area contributed by atoms with Gasteiger partial charge in [0.1, 0.15) is 23.7 Å². The summed E-state index contributed by atoms with van der Waals surface area (Å²) in [5, 5.41) is 7.86. The first-order valence-corrected chi connectivity index (χ1v) is 13.2. The molecule has 0 radical (unpaired) electrons. The van der Waals surface area contributed by atoms with Crippen LogP contribution in [0.3, 0.4) is 0 Å². The fraction of sp³-hybridized carbons (Fsp3) is 0.345. The number of carbonyl (C=O) groups excluding carboxylic acids is 1. The van der Waals surface area contributed by atoms with E-state index in [1.54, 1.807) is 37.3 Å². The number of hydrogen-bond acceptors (Lipinski definition) is 9. The molecule has 1 atom stereocenters. The topological polar surface area (TPSA) is 95.1 Å². The lowest BCUT2D eigenvalue weighted by Gasteiger charge is -2.35. The van der Waals surface area contributed by atoms with Crippen molar-refractivity contribution in [3.8, 4) is 5.75 Å². The van der Waals surface area contributed by atoms with Gasteiger partial charge in [0, 0.05) is 50.3 Å². The Morgan fingerprint density at radius 2 is 1.98 bits per heavy atom. The third kappa shape index (κ3) is 5.70. The molecule has 10 nitrogen and oxygen atoms in total. The fourth-order valence-corrected chi connectivity index (χ4v) is 5.01. The summed E-state index contributed by atoms with van der Waals surface area (Å²) in [6, 6.07) is 10.5. The van der Waals surface area contributed by atoms with E-state index in [4.69, 9.17) is 9.57 Å². The molecule has 3 heterocycles. The zero-order valence-corrected chi connectivity index (χ0v) is 23.0. The highest BCUT2D eigenvalue weighted by molar-refractivity contribution is 6.02. The van der Waals surface area contributed by atoms with Crippen molar-refractivity contribution in [3.63, 3.8) is 0 Å². The molecule has 1 amide bonds. The number of nitrogens with one attached hydrogen (secondary N) is 2. The van der Waals surface area contributed by atoms with Crippen LogP contribution in [-0.4, -0.2) is 67.7 Å². The molecule has 2 fully saturated rings. The number of piperazine rings is 1. The molecular formula is C29H34FN7O3. The minimum atomic E-state index is -0.319. The summed E-state index contributed by atoms with van der Waals surface area (Å²) in [7, 11) is 3.69. The molecule has 2 aromatic carbocycles. The van der Waals surface area contributed by atoms with Crippen LogP contribution in [-0.2, 0) is 9.63 Å². The third-order valence-electron chi connectivity index (χ3n) is 7.23. The Kier molecular flexibility index (Phi) is 8.13. The quantitative estimate of drug-likeness (QED) is 0.397. The molecule has 2 aliphatic rings. The molecule has 210 valence electrons. The molecule has 5 rings (SSSR count). The van der Waals surface area contributed by atoms with E-state index in [9.17, 15) is 9.18 Å². The number of likely N-dealkylation sites (N-methyl/N-ethyl adjacent to an activating group) is 1. The number of anilines is 5. The second-order valence-corrected chi connectivity index (χ2v) is 9.88. The number of hydroxylamine groups is 1. The van der Waals surface area contributed by atoms with E-state index < -0.39 is 0 Å². The first-order chi connectivity index (χ1) is 19.4. The van der Waals surface area contributed by atoms with Gasteiger partial charge in [-0.15, -0.1) is 0 Å². The zero-order valence-electron chi connectivity index (χ0n) is 23.0. The van der Waals surface area contributed by atoms with Crippen molar-refractivity contribution in [2.75, 3.05) is 67.5 Å². The molecule has 0 spiro atoms. The highest BCUT2D eigenvalue weighted by atomic mass is 19.1. The second-order valence-electron chi connectivity index (χ2n) is 9.88. The summed E-state index contributed by atoms with van der Waals surface area (Å²) in [4.78, 5) is 31.5. The number of aryl methyl sites for hydroxylation is 1. The standard InChI is InChI=1S/C29H34FN7O3/c1-5-28(38)34-21-15-22(25(39-4)16-24(21)36-12-10-35(3)11-13-36)33-26-17-27(32-18-31-26)37-23(9-14-40-37)20-8-6-7-19(2)29(20)30/h5-8,15-18,23H,1,9-14H2,2-4H3,(H,34,38)(H,31,32,33)/t23-/m1/s1. The number of nitrogens with zero attached hydrogens (tertiary/aromatic N) is 5. The summed E-state index contributed by atoms with van der Waals surface area (Å²) in [5.74, 6) is 1.01. The van der Waals surface area contributed by atoms with E-state index in [1.807, 2.05) is 18.2 Å². The van der Waals surface area contributed by atoms with Gasteiger partial charge in [-0.25, -0.2) is 19.4 Å². The number of aromatic nitrogens is 2. The van der Waals surface area contributed by atoms with Crippen molar-refractivity contribution in [3.05, 3.63) is 72.3 Å². The van der Waals surface area contributed by atoms with Crippen molar-refractivity contribution in [2.24, 2.45) is 0 Å². The van der Waals surface area contributed by atoms with Gasteiger partial charge in [-0.2, -0.15) is 0 Å². The SMILES string of the molecule is C=CC(=O)Nc1cc(Nc2cc(N3OCC[C@@H]3c3cccc(C)c3F)ncn2)c(OC)cc1N1CCN(C)CC1. The molecule has 0 unspecified atom stereocenters. The van der Waals surface area contributed by atoms with Crippen LogP contribution in [0.2, 0.25) is 0 Å². The maximum Gasteiger partial charge on any atom is 0.247 e. The monoisotopic (exact) mass is 547 g/mol. The number of amides is 1. The molecule has 2 saturated heterocycles. The molecule has 0 saturated carbocycles. The van der Waals surface area contributed by atoms with Crippen LogP contribution in [0, 0.1) is 12.7 Å². The predicted octanol–water partition coefficient (Wildman–Crippen LogP) is 4.44. The number of rotatable bonds is 8. The van der Waals surface area contributed by atoms with E-state index >= 15 is 0 Å². The molecule has 40 heavy (non-hydrogen) atoms. The van der Waals surface area contributed by atoms with E-state index in [2.05, 4.69) is 44.0 Å². The Morgan fingerprint density at radius 1 is 1.18 bits per heavy atom. The van der Waals surface area contributed by atoms with Crippen LogP contribution in [0.4, 0.5) is 33.1 Å². The van der Waals surface area contributed by atoms with Gasteiger partial charge in [0.25, 0.3) is 0 Å². The second kappa shape index (κ2) is 11.9. The van der Waals surface area contributed by atoms with E-state index in [-0.39, 0.29) is 17.8 Å². The van der Waals surface area contributed by atoms with Gasteiger partial charge in [-0.3, -0.25) is 9.63 Å². The van der Waals surface area contributed by atoms with Crippen molar-refractivity contribution in [1.82, 2.24) is 14.9 Å². The molecule has 2 aliphatic heterocycles. The number of carbonyl (C=O) groups is 1. The number of halogens is 1. The van der Waals surface area contributed by atoms with Crippen LogP contribution in [0.25, 0.3) is 0 Å². The Bertz CT molecular complexity index is 1390. The average molecular weight is 548 g/mol. The normalized spacial score (nSPS) is 17.6. The molecule has 3 aromatic rings. The lowest BCUT2D eigenvalue weighted by molar-refractivity contribution is -0.111. The number of ether oxygens (including phenoxy) is 1. The van der Waals surface area contributed by atoms with E-state index in [0.717, 1.165) is 31.9 Å². The minimum Gasteiger partial charge on any atom is -0.494 e. The van der Waals surface area contributed by atoms with E-state index in [1.165, 1.54) is 12.4 Å². The van der Waals surface area contributed by atoms with E-state index in [0.29, 0.717) is 52.9 Å².